The van der Waals surface area contributed by atoms with Gasteiger partial charge in [0.25, 0.3) is 0 Å². The third-order valence-electron chi connectivity index (χ3n) is 0.707. The molecule has 0 fully saturated rings. The fraction of sp³-hybridized carbons (Fsp3) is 1.00. The van der Waals surface area contributed by atoms with Gasteiger partial charge < -0.3 is 0 Å². The van der Waals surface area contributed by atoms with E-state index in [4.69, 9.17) is 0 Å². The summed E-state index contributed by atoms with van der Waals surface area (Å²) >= 11 is 1.11. The van der Waals surface area contributed by atoms with Gasteiger partial charge in [0.15, 0.2) is 0 Å². The Hall–Kier alpha value is 0.636. The second kappa shape index (κ2) is 4.64. The fourth-order valence-electron chi connectivity index (χ4n) is 0.354. The van der Waals surface area contributed by atoms with Crippen LogP contribution in [0.4, 0.5) is 0 Å². The van der Waals surface area contributed by atoms with Gasteiger partial charge in [-0.3, -0.25) is 0 Å². The van der Waals surface area contributed by atoms with Crippen LogP contribution in [0, 0.1) is 0 Å². The molecule has 1 heteroatoms. The Morgan fingerprint density at radius 2 is 2.20 bits per heavy atom. The topological polar surface area (TPSA) is 0 Å². The molecule has 0 atom stereocenters. The molecule has 0 aliphatic heterocycles. The summed E-state index contributed by atoms with van der Waals surface area (Å²) in [6.07, 6.45) is 2.86. The second-order valence-corrected chi connectivity index (χ2v) is 3.45. The Morgan fingerprint density at radius 3 is 2.20 bits per heavy atom. The summed E-state index contributed by atoms with van der Waals surface area (Å²) < 4.78 is 0. The average Bonchev–Trinajstić information content (AvgIpc) is 1.41. The van der Waals surface area contributed by atoms with E-state index < -0.39 is 0 Å². The van der Waals surface area contributed by atoms with Gasteiger partial charge in [-0.05, 0) is 0 Å². The van der Waals surface area contributed by atoms with Crippen molar-refractivity contribution in [1.29, 1.82) is 0 Å². The molecule has 0 rings (SSSR count). The first-order chi connectivity index (χ1) is 2.41. The van der Waals surface area contributed by atoms with Crippen LogP contribution in [-0.2, 0) is 0 Å². The monoisotopic (exact) mass is 128 g/mol. The zero-order valence-corrected chi connectivity index (χ0v) is 8.32. The van der Waals surface area contributed by atoms with Gasteiger partial charge in [0, 0.05) is 0 Å². The van der Waals surface area contributed by atoms with E-state index in [2.05, 4.69) is 6.92 Å². The molecule has 0 saturated carbocycles. The van der Waals surface area contributed by atoms with E-state index in [9.17, 15) is 0 Å². The molecule has 30 valence electrons. The van der Waals surface area contributed by atoms with Crippen molar-refractivity contribution < 1.29 is 0 Å². The minimum atomic E-state index is 1.11. The van der Waals surface area contributed by atoms with E-state index in [-0.39, 0.29) is 0 Å². The maximum absolute atomic E-state index is 2.24. The molecule has 0 aromatic heterocycles. The number of rotatable bonds is 2. The molecule has 0 aromatic rings. The summed E-state index contributed by atoms with van der Waals surface area (Å²) in [5.41, 5.74) is 0. The van der Waals surface area contributed by atoms with E-state index in [1.807, 2.05) is 0 Å². The summed E-state index contributed by atoms with van der Waals surface area (Å²) in [5.74, 6) is 0. The van der Waals surface area contributed by atoms with Gasteiger partial charge in [-0.2, -0.15) is 0 Å². The standard InChI is InChI=1S/C4H9.Ga.2H/c1-3-4-2;;;/h1,3-4H2,2H3;;;. The molecule has 0 aliphatic rings. The van der Waals surface area contributed by atoms with Gasteiger partial charge in [-0.1, -0.05) is 0 Å². The maximum atomic E-state index is 2.24. The van der Waals surface area contributed by atoms with Crippen LogP contribution in [0.5, 0.6) is 0 Å². The zero-order chi connectivity index (χ0) is 4.12. The predicted octanol–water partition coefficient (Wildman–Crippen LogP) is 0.838. The van der Waals surface area contributed by atoms with Crippen molar-refractivity contribution in [1.82, 2.24) is 0 Å². The Morgan fingerprint density at radius 1 is 1.60 bits per heavy atom. The van der Waals surface area contributed by atoms with Crippen LogP contribution >= 0.6 is 0 Å². The molecule has 0 aliphatic carbocycles. The van der Waals surface area contributed by atoms with Gasteiger partial charge >= 0.3 is 43.3 Å². The Bertz CT molecular complexity index is 11.1. The van der Waals surface area contributed by atoms with Crippen molar-refractivity contribution >= 4 is 18.6 Å². The molecule has 0 nitrogen and oxygen atoms in total. The van der Waals surface area contributed by atoms with Crippen molar-refractivity contribution in [2.75, 3.05) is 0 Å². The molecule has 0 spiro atoms. The second-order valence-electron chi connectivity index (χ2n) is 1.35. The SMILES string of the molecule is CCC[CH2][GaH2]. The third-order valence-corrected chi connectivity index (χ3v) is 2.19. The molecule has 0 heterocycles. The fourth-order valence-corrected chi connectivity index (χ4v) is 1.84. The minimum absolute atomic E-state index is 1.11. The predicted molar refractivity (Wildman–Crippen MR) is 28.3 cm³/mol. The van der Waals surface area contributed by atoms with Crippen molar-refractivity contribution in [2.24, 2.45) is 0 Å². The number of hydrogen-bond acceptors (Lipinski definition) is 0. The average molecular weight is 129 g/mol. The summed E-state index contributed by atoms with van der Waals surface area (Å²) in [6, 6.07) is 0. The van der Waals surface area contributed by atoms with E-state index in [1.54, 1.807) is 0 Å². The van der Waals surface area contributed by atoms with Crippen molar-refractivity contribution in [2.45, 2.75) is 24.7 Å². The first-order valence-electron chi connectivity index (χ1n) is 2.41. The Balaban J connectivity index is 2.19. The molecule has 0 bridgehead atoms. The molecule has 0 aromatic carbocycles. The molecule has 0 unspecified atom stereocenters. The normalized spacial score (nSPS) is 8.20. The van der Waals surface area contributed by atoms with Crippen LogP contribution in [0.1, 0.15) is 19.8 Å². The summed E-state index contributed by atoms with van der Waals surface area (Å²) in [6.45, 7) is 2.24. The van der Waals surface area contributed by atoms with E-state index in [1.165, 1.54) is 17.8 Å². The number of unbranched alkanes of at least 4 members (excludes halogenated alkanes) is 1. The summed E-state index contributed by atoms with van der Waals surface area (Å²) in [4.78, 5) is 1.53. The van der Waals surface area contributed by atoms with Gasteiger partial charge in [-0.15, -0.1) is 0 Å². The first-order valence-corrected chi connectivity index (χ1v) is 5.38. The molecule has 0 N–H and O–H groups in total. The molecule has 0 saturated heterocycles. The van der Waals surface area contributed by atoms with Crippen LogP contribution in [0.3, 0.4) is 0 Å². The molecule has 0 amide bonds. The van der Waals surface area contributed by atoms with Gasteiger partial charge in [0.05, 0.1) is 0 Å². The quantitative estimate of drug-likeness (QED) is 0.484. The van der Waals surface area contributed by atoms with Crippen molar-refractivity contribution in [3.63, 3.8) is 0 Å². The Kier molecular flexibility index (Phi) is 5.23. The van der Waals surface area contributed by atoms with Crippen LogP contribution in [0.2, 0.25) is 4.98 Å². The van der Waals surface area contributed by atoms with E-state index in [0.717, 1.165) is 18.6 Å². The number of hydrogen-bond donors (Lipinski definition) is 0. The molecular weight excluding hydrogens is 118 g/mol. The van der Waals surface area contributed by atoms with Gasteiger partial charge in [0.2, 0.25) is 0 Å². The zero-order valence-electron chi connectivity index (χ0n) is 4.12. The third kappa shape index (κ3) is 4.64. The van der Waals surface area contributed by atoms with Gasteiger partial charge in [0.1, 0.15) is 0 Å². The first kappa shape index (κ1) is 5.64. The van der Waals surface area contributed by atoms with Gasteiger partial charge in [-0.25, -0.2) is 0 Å². The molecular formula is C4H11Ga. The van der Waals surface area contributed by atoms with Crippen LogP contribution in [-0.4, -0.2) is 18.6 Å². The summed E-state index contributed by atoms with van der Waals surface area (Å²) in [5, 5.41) is 0. The summed E-state index contributed by atoms with van der Waals surface area (Å²) in [7, 11) is 0. The molecule has 0 radical (unpaired) electrons. The van der Waals surface area contributed by atoms with Crippen LogP contribution in [0.15, 0.2) is 0 Å². The van der Waals surface area contributed by atoms with Crippen molar-refractivity contribution in [3.8, 4) is 0 Å². The van der Waals surface area contributed by atoms with Crippen LogP contribution < -0.4 is 0 Å². The Labute approximate surface area is 43.9 Å². The molecule has 5 heavy (non-hydrogen) atoms. The van der Waals surface area contributed by atoms with Crippen LogP contribution in [0.25, 0.3) is 0 Å². The van der Waals surface area contributed by atoms with E-state index >= 15 is 0 Å². The van der Waals surface area contributed by atoms with E-state index in [0.29, 0.717) is 0 Å². The van der Waals surface area contributed by atoms with Crippen molar-refractivity contribution in [3.05, 3.63) is 0 Å².